The lowest BCUT2D eigenvalue weighted by Crippen LogP contribution is -2.34. The van der Waals surface area contributed by atoms with Crippen molar-refractivity contribution in [3.05, 3.63) is 22.7 Å². The van der Waals surface area contributed by atoms with Gasteiger partial charge in [0.15, 0.2) is 0 Å². The number of benzene rings is 1. The molecule has 24 heavy (non-hydrogen) atoms. The molecule has 132 valence electrons. The standard InChI is InChI=1S/C17H24ClN3O3/c1-24-15-11-14(19)13(18)10-12(15)17(23)20-7-5-9-21-8-4-2-3-6-16(21)22/h10-11H,2-9,19H2,1H3,(H,20,23). The lowest BCUT2D eigenvalue weighted by molar-refractivity contribution is -0.130. The minimum atomic E-state index is -0.268. The summed E-state index contributed by atoms with van der Waals surface area (Å²) in [5.41, 5.74) is 6.43. The predicted octanol–water partition coefficient (Wildman–Crippen LogP) is 2.45. The molecule has 0 aliphatic carbocycles. The van der Waals surface area contributed by atoms with Crippen LogP contribution in [0.15, 0.2) is 12.1 Å². The van der Waals surface area contributed by atoms with E-state index in [1.165, 1.54) is 19.2 Å². The van der Waals surface area contributed by atoms with E-state index < -0.39 is 0 Å². The number of nitrogens with one attached hydrogen (secondary N) is 1. The molecule has 1 aromatic carbocycles. The van der Waals surface area contributed by atoms with Gasteiger partial charge in [-0.2, -0.15) is 0 Å². The minimum absolute atomic E-state index is 0.214. The third-order valence-electron chi connectivity index (χ3n) is 4.13. The Bertz CT molecular complexity index is 607. The Labute approximate surface area is 147 Å². The first-order valence-electron chi connectivity index (χ1n) is 8.22. The zero-order chi connectivity index (χ0) is 17.5. The Balaban J connectivity index is 1.85. The van der Waals surface area contributed by atoms with Gasteiger partial charge >= 0.3 is 0 Å². The van der Waals surface area contributed by atoms with Gasteiger partial charge in [0.25, 0.3) is 5.91 Å². The van der Waals surface area contributed by atoms with Gasteiger partial charge in [0, 0.05) is 32.1 Å². The van der Waals surface area contributed by atoms with E-state index in [2.05, 4.69) is 5.32 Å². The fraction of sp³-hybridized carbons (Fsp3) is 0.529. The highest BCUT2D eigenvalue weighted by molar-refractivity contribution is 6.33. The second-order valence-corrected chi connectivity index (χ2v) is 6.28. The molecular formula is C17H24ClN3O3. The number of nitrogens with two attached hydrogens (primary N) is 1. The molecule has 2 amide bonds. The van der Waals surface area contributed by atoms with Crippen molar-refractivity contribution < 1.29 is 14.3 Å². The largest absolute Gasteiger partial charge is 0.496 e. The number of rotatable bonds is 6. The predicted molar refractivity (Wildman–Crippen MR) is 94.4 cm³/mol. The van der Waals surface area contributed by atoms with Crippen LogP contribution in [0.1, 0.15) is 42.5 Å². The summed E-state index contributed by atoms with van der Waals surface area (Å²) in [6.45, 7) is 1.96. The zero-order valence-electron chi connectivity index (χ0n) is 13.9. The molecule has 6 nitrogen and oxygen atoms in total. The van der Waals surface area contributed by atoms with Crippen molar-refractivity contribution in [2.75, 3.05) is 32.5 Å². The molecule has 0 saturated carbocycles. The summed E-state index contributed by atoms with van der Waals surface area (Å²) in [6, 6.07) is 3.04. The molecule has 3 N–H and O–H groups in total. The summed E-state index contributed by atoms with van der Waals surface area (Å²) >= 11 is 5.98. The lowest BCUT2D eigenvalue weighted by atomic mass is 10.1. The summed E-state index contributed by atoms with van der Waals surface area (Å²) in [5.74, 6) is 0.332. The van der Waals surface area contributed by atoms with Crippen molar-refractivity contribution in [2.45, 2.75) is 32.1 Å². The zero-order valence-corrected chi connectivity index (χ0v) is 14.7. The van der Waals surface area contributed by atoms with Crippen LogP contribution >= 0.6 is 11.6 Å². The monoisotopic (exact) mass is 353 g/mol. The van der Waals surface area contributed by atoms with Crippen LogP contribution in [0, 0.1) is 0 Å². The average Bonchev–Trinajstić information content (AvgIpc) is 2.78. The Hall–Kier alpha value is -1.95. The third-order valence-corrected chi connectivity index (χ3v) is 4.45. The van der Waals surface area contributed by atoms with E-state index >= 15 is 0 Å². The number of nitrogen functional groups attached to an aromatic ring is 1. The molecule has 1 saturated heterocycles. The van der Waals surface area contributed by atoms with Gasteiger partial charge in [0.1, 0.15) is 5.75 Å². The van der Waals surface area contributed by atoms with E-state index in [1.807, 2.05) is 4.90 Å². The van der Waals surface area contributed by atoms with Crippen LogP contribution in [0.25, 0.3) is 0 Å². The van der Waals surface area contributed by atoms with E-state index in [-0.39, 0.29) is 11.8 Å². The fourth-order valence-corrected chi connectivity index (χ4v) is 2.92. The third kappa shape index (κ3) is 4.77. The molecule has 7 heteroatoms. The molecule has 1 aliphatic rings. The number of carbonyl (C=O) groups is 2. The van der Waals surface area contributed by atoms with Gasteiger partial charge in [-0.3, -0.25) is 9.59 Å². The van der Waals surface area contributed by atoms with Gasteiger partial charge in [0.05, 0.1) is 23.4 Å². The summed E-state index contributed by atoms with van der Waals surface area (Å²) < 4.78 is 5.18. The van der Waals surface area contributed by atoms with E-state index in [1.54, 1.807) is 0 Å². The molecule has 0 aromatic heterocycles. The fourth-order valence-electron chi connectivity index (χ4n) is 2.76. The highest BCUT2D eigenvalue weighted by atomic mass is 35.5. The van der Waals surface area contributed by atoms with Crippen molar-refractivity contribution >= 4 is 29.1 Å². The van der Waals surface area contributed by atoms with Crippen LogP contribution in [0.4, 0.5) is 5.69 Å². The molecule has 1 heterocycles. The second-order valence-electron chi connectivity index (χ2n) is 5.87. The number of hydrogen-bond acceptors (Lipinski definition) is 4. The summed E-state index contributed by atoms with van der Waals surface area (Å²) in [6.07, 6.45) is 4.48. The van der Waals surface area contributed by atoms with Crippen molar-refractivity contribution in [1.82, 2.24) is 10.2 Å². The highest BCUT2D eigenvalue weighted by Crippen LogP contribution is 2.28. The molecule has 2 rings (SSSR count). The smallest absolute Gasteiger partial charge is 0.255 e. The first-order chi connectivity index (χ1) is 11.5. The SMILES string of the molecule is COc1cc(N)c(Cl)cc1C(=O)NCCCN1CCCCCC1=O. The van der Waals surface area contributed by atoms with E-state index in [0.717, 1.165) is 25.8 Å². The summed E-state index contributed by atoms with van der Waals surface area (Å²) in [5, 5.41) is 3.15. The first-order valence-corrected chi connectivity index (χ1v) is 8.59. The minimum Gasteiger partial charge on any atom is -0.496 e. The number of amides is 2. The Morgan fingerprint density at radius 2 is 2.17 bits per heavy atom. The molecule has 0 atom stereocenters. The van der Waals surface area contributed by atoms with E-state index in [4.69, 9.17) is 22.1 Å². The number of likely N-dealkylation sites (tertiary alicyclic amines) is 1. The van der Waals surface area contributed by atoms with Gasteiger partial charge in [0.2, 0.25) is 5.91 Å². The van der Waals surface area contributed by atoms with Crippen LogP contribution in [-0.2, 0) is 4.79 Å². The molecule has 0 spiro atoms. The van der Waals surface area contributed by atoms with Crippen LogP contribution < -0.4 is 15.8 Å². The summed E-state index contributed by atoms with van der Waals surface area (Å²) in [4.78, 5) is 26.1. The van der Waals surface area contributed by atoms with Crippen molar-refractivity contribution in [2.24, 2.45) is 0 Å². The van der Waals surface area contributed by atoms with E-state index in [0.29, 0.717) is 48.0 Å². The maximum absolute atomic E-state index is 12.3. The number of anilines is 1. The molecule has 0 unspecified atom stereocenters. The molecular weight excluding hydrogens is 330 g/mol. The molecule has 0 radical (unpaired) electrons. The Morgan fingerprint density at radius 3 is 2.92 bits per heavy atom. The van der Waals surface area contributed by atoms with Crippen molar-refractivity contribution in [3.63, 3.8) is 0 Å². The number of carbonyl (C=O) groups excluding carboxylic acids is 2. The molecule has 0 bridgehead atoms. The number of ether oxygens (including phenoxy) is 1. The van der Waals surface area contributed by atoms with Gasteiger partial charge < -0.3 is 20.7 Å². The number of methoxy groups -OCH3 is 1. The number of nitrogens with zero attached hydrogens (tertiary/aromatic N) is 1. The lowest BCUT2D eigenvalue weighted by Gasteiger charge is -2.20. The topological polar surface area (TPSA) is 84.7 Å². The Kier molecular flexibility index (Phi) is 6.73. The normalized spacial score (nSPS) is 15.1. The van der Waals surface area contributed by atoms with Crippen LogP contribution in [0.2, 0.25) is 5.02 Å². The van der Waals surface area contributed by atoms with Crippen molar-refractivity contribution in [3.8, 4) is 5.75 Å². The molecule has 1 aliphatic heterocycles. The van der Waals surface area contributed by atoms with Crippen LogP contribution in [-0.4, -0.2) is 43.5 Å². The van der Waals surface area contributed by atoms with Gasteiger partial charge in [-0.05, 0) is 25.3 Å². The number of halogens is 1. The maximum Gasteiger partial charge on any atom is 0.255 e. The average molecular weight is 354 g/mol. The molecule has 1 fully saturated rings. The first kappa shape index (κ1) is 18.4. The van der Waals surface area contributed by atoms with Crippen LogP contribution in [0.3, 0.4) is 0 Å². The second kappa shape index (κ2) is 8.78. The molecule has 1 aromatic rings. The van der Waals surface area contributed by atoms with Gasteiger partial charge in [-0.15, -0.1) is 0 Å². The summed E-state index contributed by atoms with van der Waals surface area (Å²) in [7, 11) is 1.48. The quantitative estimate of drug-likeness (QED) is 0.607. The number of hydrogen-bond donors (Lipinski definition) is 2. The van der Waals surface area contributed by atoms with E-state index in [9.17, 15) is 9.59 Å². The Morgan fingerprint density at radius 1 is 1.38 bits per heavy atom. The van der Waals surface area contributed by atoms with Gasteiger partial charge in [-0.25, -0.2) is 0 Å². The maximum atomic E-state index is 12.3. The van der Waals surface area contributed by atoms with Gasteiger partial charge in [-0.1, -0.05) is 18.0 Å². The highest BCUT2D eigenvalue weighted by Gasteiger charge is 2.17. The van der Waals surface area contributed by atoms with Crippen LogP contribution in [0.5, 0.6) is 5.75 Å². The van der Waals surface area contributed by atoms with Crippen molar-refractivity contribution in [1.29, 1.82) is 0 Å².